The number of hydrogen-bond donors (Lipinski definition) is 1. The van der Waals surface area contributed by atoms with Crippen molar-refractivity contribution in [3.8, 4) is 5.75 Å². The van der Waals surface area contributed by atoms with E-state index >= 15 is 0 Å². The molecule has 0 saturated heterocycles. The molecular weight excluding hydrogens is 258 g/mol. The van der Waals surface area contributed by atoms with Gasteiger partial charge in [-0.05, 0) is 49.3 Å². The predicted molar refractivity (Wildman–Crippen MR) is 78.6 cm³/mol. The highest BCUT2D eigenvalue weighted by Crippen LogP contribution is 2.49. The smallest absolute Gasteiger partial charge is 0.125 e. The first kappa shape index (κ1) is 13.3. The second kappa shape index (κ2) is 4.39. The lowest BCUT2D eigenvalue weighted by Crippen LogP contribution is -2.46. The van der Waals surface area contributed by atoms with Crippen LogP contribution in [0.5, 0.6) is 5.75 Å². The molecule has 0 bridgehead atoms. The molecule has 0 aromatic heterocycles. The number of halogens is 1. The molecule has 2 nitrogen and oxygen atoms in total. The lowest BCUT2D eigenvalue weighted by molar-refractivity contribution is -0.0259. The van der Waals surface area contributed by atoms with Gasteiger partial charge in [-0.1, -0.05) is 25.4 Å². The fourth-order valence-corrected chi connectivity index (χ4v) is 3.56. The van der Waals surface area contributed by atoms with Crippen molar-refractivity contribution in [2.75, 3.05) is 0 Å². The van der Waals surface area contributed by atoms with Crippen LogP contribution in [0.1, 0.15) is 57.6 Å². The largest absolute Gasteiger partial charge is 0.487 e. The molecule has 0 radical (unpaired) electrons. The summed E-state index contributed by atoms with van der Waals surface area (Å²) in [6.07, 6.45) is 5.55. The van der Waals surface area contributed by atoms with Gasteiger partial charge in [-0.25, -0.2) is 0 Å². The fraction of sp³-hybridized carbons (Fsp3) is 0.625. The average Bonchev–Trinajstić information content (AvgIpc) is 2.35. The number of nitrogens with two attached hydrogens (primary N) is 1. The van der Waals surface area contributed by atoms with Gasteiger partial charge in [-0.3, -0.25) is 0 Å². The zero-order chi connectivity index (χ0) is 13.7. The molecule has 104 valence electrons. The van der Waals surface area contributed by atoms with Crippen molar-refractivity contribution in [1.29, 1.82) is 0 Å². The number of ether oxygens (including phenoxy) is 1. The average molecular weight is 280 g/mol. The van der Waals surface area contributed by atoms with Gasteiger partial charge >= 0.3 is 0 Å². The first-order valence-electron chi connectivity index (χ1n) is 7.13. The standard InChI is InChI=1S/C16H22ClNO/c1-15(2)5-7-16(8-6-15)10-13(18)12-9-11(17)3-4-14(12)19-16/h3-4,9,13H,5-8,10,18H2,1-2H3/t13-/m1/s1. The Kier molecular flexibility index (Phi) is 3.06. The van der Waals surface area contributed by atoms with Crippen LogP contribution >= 0.6 is 11.6 Å². The number of fused-ring (bicyclic) bond motifs is 1. The van der Waals surface area contributed by atoms with Gasteiger partial charge in [-0.15, -0.1) is 0 Å². The molecule has 1 aliphatic heterocycles. The van der Waals surface area contributed by atoms with E-state index in [-0.39, 0.29) is 11.6 Å². The maximum Gasteiger partial charge on any atom is 0.125 e. The third-order valence-electron chi connectivity index (χ3n) is 4.80. The monoisotopic (exact) mass is 279 g/mol. The van der Waals surface area contributed by atoms with E-state index in [2.05, 4.69) is 13.8 Å². The Hall–Kier alpha value is -0.730. The molecule has 1 aliphatic carbocycles. The van der Waals surface area contributed by atoms with Crippen LogP contribution in [0.3, 0.4) is 0 Å². The molecule has 0 unspecified atom stereocenters. The molecule has 1 saturated carbocycles. The second-order valence-corrected chi connectivity index (χ2v) is 7.38. The summed E-state index contributed by atoms with van der Waals surface area (Å²) in [5.41, 5.74) is 7.81. The Balaban J connectivity index is 1.87. The van der Waals surface area contributed by atoms with Gasteiger partial charge in [0.2, 0.25) is 0 Å². The molecule has 1 heterocycles. The Bertz CT molecular complexity index is 488. The molecule has 1 atom stereocenters. The lowest BCUT2D eigenvalue weighted by Gasteiger charge is -2.47. The van der Waals surface area contributed by atoms with Crippen molar-refractivity contribution in [3.63, 3.8) is 0 Å². The maximum atomic E-state index is 6.35. The van der Waals surface area contributed by atoms with E-state index in [9.17, 15) is 0 Å². The minimum atomic E-state index is -0.0459. The van der Waals surface area contributed by atoms with Crippen LogP contribution in [-0.4, -0.2) is 5.60 Å². The van der Waals surface area contributed by atoms with Crippen LogP contribution in [0, 0.1) is 5.41 Å². The summed E-state index contributed by atoms with van der Waals surface area (Å²) in [5.74, 6) is 0.933. The molecule has 0 amide bonds. The van der Waals surface area contributed by atoms with Crippen LogP contribution in [0.4, 0.5) is 0 Å². The van der Waals surface area contributed by atoms with Crippen molar-refractivity contribution in [3.05, 3.63) is 28.8 Å². The van der Waals surface area contributed by atoms with Crippen molar-refractivity contribution >= 4 is 11.6 Å². The molecule has 2 aliphatic rings. The molecule has 3 heteroatoms. The van der Waals surface area contributed by atoms with E-state index in [0.29, 0.717) is 5.41 Å². The van der Waals surface area contributed by atoms with E-state index in [1.807, 2.05) is 18.2 Å². The Morgan fingerprint density at radius 3 is 2.58 bits per heavy atom. The number of rotatable bonds is 0. The van der Waals surface area contributed by atoms with Gasteiger partial charge in [0.05, 0.1) is 0 Å². The topological polar surface area (TPSA) is 35.2 Å². The van der Waals surface area contributed by atoms with Crippen LogP contribution < -0.4 is 10.5 Å². The van der Waals surface area contributed by atoms with Crippen LogP contribution in [0.15, 0.2) is 18.2 Å². The number of hydrogen-bond acceptors (Lipinski definition) is 2. The van der Waals surface area contributed by atoms with Crippen molar-refractivity contribution in [2.24, 2.45) is 11.1 Å². The fourth-order valence-electron chi connectivity index (χ4n) is 3.38. The van der Waals surface area contributed by atoms with E-state index in [1.54, 1.807) is 0 Å². The molecular formula is C16H22ClNO. The minimum Gasteiger partial charge on any atom is -0.487 e. The summed E-state index contributed by atoms with van der Waals surface area (Å²) in [6.45, 7) is 4.69. The predicted octanol–water partition coefficient (Wildman–Crippen LogP) is 4.46. The molecule has 1 aromatic carbocycles. The van der Waals surface area contributed by atoms with E-state index < -0.39 is 0 Å². The normalized spacial score (nSPS) is 27.7. The highest BCUT2D eigenvalue weighted by atomic mass is 35.5. The van der Waals surface area contributed by atoms with Gasteiger partial charge in [-0.2, -0.15) is 0 Å². The SMILES string of the molecule is CC1(C)CCC2(CC1)C[C@@H](N)c1cc(Cl)ccc1O2. The van der Waals surface area contributed by atoms with Gasteiger partial charge in [0.25, 0.3) is 0 Å². The van der Waals surface area contributed by atoms with Crippen LogP contribution in [-0.2, 0) is 0 Å². The van der Waals surface area contributed by atoms with E-state index in [1.165, 1.54) is 12.8 Å². The minimum absolute atomic E-state index is 0.0451. The Morgan fingerprint density at radius 2 is 1.89 bits per heavy atom. The van der Waals surface area contributed by atoms with Crippen LogP contribution in [0.25, 0.3) is 0 Å². The van der Waals surface area contributed by atoms with Crippen molar-refractivity contribution in [2.45, 2.75) is 57.6 Å². The number of benzene rings is 1. The van der Waals surface area contributed by atoms with Crippen LogP contribution in [0.2, 0.25) is 5.02 Å². The maximum absolute atomic E-state index is 6.35. The summed E-state index contributed by atoms with van der Waals surface area (Å²) in [4.78, 5) is 0. The first-order chi connectivity index (χ1) is 8.89. The molecule has 1 spiro atoms. The highest BCUT2D eigenvalue weighted by molar-refractivity contribution is 6.30. The van der Waals surface area contributed by atoms with E-state index in [4.69, 9.17) is 22.1 Å². The summed E-state index contributed by atoms with van der Waals surface area (Å²) in [7, 11) is 0. The molecule has 2 N–H and O–H groups in total. The zero-order valence-corrected chi connectivity index (χ0v) is 12.5. The third-order valence-corrected chi connectivity index (χ3v) is 5.04. The Morgan fingerprint density at radius 1 is 1.21 bits per heavy atom. The molecule has 19 heavy (non-hydrogen) atoms. The Labute approximate surface area is 120 Å². The van der Waals surface area contributed by atoms with Gasteiger partial charge < -0.3 is 10.5 Å². The quantitative estimate of drug-likeness (QED) is 0.761. The molecule has 3 rings (SSSR count). The second-order valence-electron chi connectivity index (χ2n) is 6.94. The molecule has 1 aromatic rings. The van der Waals surface area contributed by atoms with Crippen molar-refractivity contribution < 1.29 is 4.74 Å². The van der Waals surface area contributed by atoms with Gasteiger partial charge in [0.1, 0.15) is 11.4 Å². The summed E-state index contributed by atoms with van der Waals surface area (Å²) in [6, 6.07) is 5.85. The first-order valence-corrected chi connectivity index (χ1v) is 7.51. The van der Waals surface area contributed by atoms with E-state index in [0.717, 1.165) is 35.6 Å². The summed E-state index contributed by atoms with van der Waals surface area (Å²) < 4.78 is 6.34. The van der Waals surface area contributed by atoms with Gasteiger partial charge in [0.15, 0.2) is 0 Å². The highest BCUT2D eigenvalue weighted by Gasteiger charge is 2.44. The third kappa shape index (κ3) is 2.48. The van der Waals surface area contributed by atoms with Crippen molar-refractivity contribution in [1.82, 2.24) is 0 Å². The lowest BCUT2D eigenvalue weighted by atomic mass is 9.68. The summed E-state index contributed by atoms with van der Waals surface area (Å²) in [5, 5.41) is 0.735. The zero-order valence-electron chi connectivity index (χ0n) is 11.7. The van der Waals surface area contributed by atoms with Gasteiger partial charge in [0, 0.05) is 23.0 Å². The molecule has 1 fully saturated rings. The summed E-state index contributed by atoms with van der Waals surface area (Å²) >= 11 is 6.05.